The van der Waals surface area contributed by atoms with E-state index in [0.29, 0.717) is 11.8 Å². The minimum absolute atomic E-state index is 0.207. The summed E-state index contributed by atoms with van der Waals surface area (Å²) in [5, 5.41) is 6.14. The first kappa shape index (κ1) is 13.4. The van der Waals surface area contributed by atoms with Crippen molar-refractivity contribution in [3.63, 3.8) is 0 Å². The summed E-state index contributed by atoms with van der Waals surface area (Å²) in [7, 11) is 1.89. The van der Waals surface area contributed by atoms with E-state index in [4.69, 9.17) is 0 Å². The predicted molar refractivity (Wildman–Crippen MR) is 76.8 cm³/mol. The van der Waals surface area contributed by atoms with Gasteiger partial charge in [-0.1, -0.05) is 0 Å². The number of hydrogen-bond donors (Lipinski definition) is 2. The van der Waals surface area contributed by atoms with E-state index in [0.717, 1.165) is 30.8 Å². The monoisotopic (exact) mass is 264 g/mol. The number of carbonyl (C=O) groups is 1. The highest BCUT2D eigenvalue weighted by Crippen LogP contribution is 2.61. The summed E-state index contributed by atoms with van der Waals surface area (Å²) in [5.74, 6) is 3.27. The lowest BCUT2D eigenvalue weighted by Crippen LogP contribution is -2.47. The quantitative estimate of drug-likeness (QED) is 0.773. The average Bonchev–Trinajstić information content (AvgIpc) is 2.34. The molecule has 0 heterocycles. The summed E-state index contributed by atoms with van der Waals surface area (Å²) < 4.78 is 0. The SMILES string of the molecule is CNCCC(=O)NCCC12CC3CC(CC(C3)C1)C2. The predicted octanol–water partition coefficient (Wildman–Crippen LogP) is 2.32. The normalized spacial score (nSPS) is 39.5. The van der Waals surface area contributed by atoms with Gasteiger partial charge in [-0.3, -0.25) is 4.79 Å². The highest BCUT2D eigenvalue weighted by atomic mass is 16.1. The Labute approximate surface area is 116 Å². The van der Waals surface area contributed by atoms with Crippen LogP contribution in [-0.2, 0) is 4.79 Å². The second kappa shape index (κ2) is 5.43. The van der Waals surface area contributed by atoms with Crippen LogP contribution in [-0.4, -0.2) is 26.0 Å². The molecule has 0 aromatic rings. The zero-order valence-corrected chi connectivity index (χ0v) is 12.2. The third-order valence-electron chi connectivity index (χ3n) is 5.74. The zero-order valence-electron chi connectivity index (χ0n) is 12.2. The fourth-order valence-electron chi connectivity index (χ4n) is 5.39. The molecule has 3 heteroatoms. The topological polar surface area (TPSA) is 41.1 Å². The first-order valence-electron chi connectivity index (χ1n) is 8.10. The van der Waals surface area contributed by atoms with Gasteiger partial charge >= 0.3 is 0 Å². The summed E-state index contributed by atoms with van der Waals surface area (Å²) in [5.41, 5.74) is 0.602. The summed E-state index contributed by atoms with van der Waals surface area (Å²) >= 11 is 0. The van der Waals surface area contributed by atoms with E-state index in [9.17, 15) is 4.79 Å². The first-order valence-corrected chi connectivity index (χ1v) is 8.10. The lowest BCUT2D eigenvalue weighted by molar-refractivity contribution is -0.121. The number of hydrogen-bond acceptors (Lipinski definition) is 2. The van der Waals surface area contributed by atoms with Gasteiger partial charge in [-0.05, 0) is 75.2 Å². The Balaban J connectivity index is 1.46. The molecule has 0 radical (unpaired) electrons. The van der Waals surface area contributed by atoms with E-state index < -0.39 is 0 Å². The second-order valence-corrected chi connectivity index (χ2v) is 7.37. The van der Waals surface area contributed by atoms with Crippen LogP contribution in [0.15, 0.2) is 0 Å². The van der Waals surface area contributed by atoms with Crippen LogP contribution in [0.4, 0.5) is 0 Å². The van der Waals surface area contributed by atoms with Crippen molar-refractivity contribution in [2.45, 2.75) is 51.4 Å². The van der Waals surface area contributed by atoms with Crippen molar-refractivity contribution >= 4 is 5.91 Å². The van der Waals surface area contributed by atoms with Crippen LogP contribution in [0.25, 0.3) is 0 Å². The molecule has 0 atom stereocenters. The number of carbonyl (C=O) groups excluding carboxylic acids is 1. The van der Waals surface area contributed by atoms with Crippen molar-refractivity contribution in [3.05, 3.63) is 0 Å². The fraction of sp³-hybridized carbons (Fsp3) is 0.938. The molecule has 4 saturated carbocycles. The van der Waals surface area contributed by atoms with Gasteiger partial charge in [0.25, 0.3) is 0 Å². The van der Waals surface area contributed by atoms with Gasteiger partial charge in [0, 0.05) is 19.5 Å². The van der Waals surface area contributed by atoms with Crippen LogP contribution < -0.4 is 10.6 Å². The van der Waals surface area contributed by atoms with Crippen LogP contribution in [0.5, 0.6) is 0 Å². The smallest absolute Gasteiger partial charge is 0.221 e. The lowest BCUT2D eigenvalue weighted by atomic mass is 9.49. The van der Waals surface area contributed by atoms with Gasteiger partial charge in [0.05, 0.1) is 0 Å². The van der Waals surface area contributed by atoms with Gasteiger partial charge in [0.1, 0.15) is 0 Å². The van der Waals surface area contributed by atoms with Gasteiger partial charge in [0.2, 0.25) is 5.91 Å². The molecule has 1 amide bonds. The molecule has 108 valence electrons. The number of rotatable bonds is 6. The minimum Gasteiger partial charge on any atom is -0.356 e. The van der Waals surface area contributed by atoms with Crippen molar-refractivity contribution in [2.75, 3.05) is 20.1 Å². The van der Waals surface area contributed by atoms with Crippen molar-refractivity contribution < 1.29 is 4.79 Å². The van der Waals surface area contributed by atoms with E-state index in [1.807, 2.05) is 7.05 Å². The molecular formula is C16H28N2O. The lowest BCUT2D eigenvalue weighted by Gasteiger charge is -2.57. The van der Waals surface area contributed by atoms with Crippen LogP contribution in [0.1, 0.15) is 51.4 Å². The van der Waals surface area contributed by atoms with Crippen molar-refractivity contribution in [2.24, 2.45) is 23.2 Å². The van der Waals surface area contributed by atoms with Gasteiger partial charge < -0.3 is 10.6 Å². The van der Waals surface area contributed by atoms with E-state index in [1.165, 1.54) is 44.9 Å². The van der Waals surface area contributed by atoms with Gasteiger partial charge in [-0.15, -0.1) is 0 Å². The van der Waals surface area contributed by atoms with Crippen molar-refractivity contribution in [1.29, 1.82) is 0 Å². The molecule has 4 aliphatic rings. The molecule has 4 bridgehead atoms. The Bertz CT molecular complexity index is 304. The molecule has 3 nitrogen and oxygen atoms in total. The molecule has 0 unspecified atom stereocenters. The molecule has 19 heavy (non-hydrogen) atoms. The molecule has 4 aliphatic carbocycles. The maximum atomic E-state index is 11.6. The fourth-order valence-corrected chi connectivity index (χ4v) is 5.39. The molecule has 0 spiro atoms. The van der Waals surface area contributed by atoms with E-state index >= 15 is 0 Å². The Morgan fingerprint density at radius 3 is 2.16 bits per heavy atom. The molecule has 4 rings (SSSR count). The Hall–Kier alpha value is -0.570. The van der Waals surface area contributed by atoms with E-state index in [2.05, 4.69) is 10.6 Å². The maximum absolute atomic E-state index is 11.6. The summed E-state index contributed by atoms with van der Waals surface area (Å²) in [6, 6.07) is 0. The highest BCUT2D eigenvalue weighted by molar-refractivity contribution is 5.75. The molecule has 4 fully saturated rings. The number of amides is 1. The van der Waals surface area contributed by atoms with Crippen LogP contribution in [0.3, 0.4) is 0 Å². The third kappa shape index (κ3) is 2.96. The zero-order chi connectivity index (χ0) is 13.3. The van der Waals surface area contributed by atoms with Crippen LogP contribution in [0, 0.1) is 23.2 Å². The van der Waals surface area contributed by atoms with E-state index in [-0.39, 0.29) is 5.91 Å². The second-order valence-electron chi connectivity index (χ2n) is 7.37. The molecular weight excluding hydrogens is 236 g/mol. The van der Waals surface area contributed by atoms with Gasteiger partial charge in [0.15, 0.2) is 0 Å². The summed E-state index contributed by atoms with van der Waals surface area (Å²) in [6.45, 7) is 1.68. The van der Waals surface area contributed by atoms with Crippen LogP contribution in [0.2, 0.25) is 0 Å². The first-order chi connectivity index (χ1) is 9.19. The Morgan fingerprint density at radius 1 is 1.05 bits per heavy atom. The molecule has 0 aromatic heterocycles. The van der Waals surface area contributed by atoms with Gasteiger partial charge in [-0.25, -0.2) is 0 Å². The average molecular weight is 264 g/mol. The van der Waals surface area contributed by atoms with Gasteiger partial charge in [-0.2, -0.15) is 0 Å². The van der Waals surface area contributed by atoms with E-state index in [1.54, 1.807) is 0 Å². The van der Waals surface area contributed by atoms with Crippen molar-refractivity contribution in [1.82, 2.24) is 10.6 Å². The summed E-state index contributed by atoms with van der Waals surface area (Å²) in [4.78, 5) is 11.6. The maximum Gasteiger partial charge on any atom is 0.221 e. The van der Waals surface area contributed by atoms with Crippen LogP contribution >= 0.6 is 0 Å². The summed E-state index contributed by atoms with van der Waals surface area (Å²) in [6.07, 6.45) is 10.7. The Kier molecular flexibility index (Phi) is 3.84. The number of nitrogens with one attached hydrogen (secondary N) is 2. The molecule has 0 aliphatic heterocycles. The molecule has 0 saturated heterocycles. The van der Waals surface area contributed by atoms with Crippen molar-refractivity contribution in [3.8, 4) is 0 Å². The standard InChI is InChI=1S/C16H28N2O/c1-17-4-2-15(19)18-5-3-16-9-12-6-13(10-16)8-14(7-12)11-16/h12-14,17H,2-11H2,1H3,(H,18,19). The molecule has 2 N–H and O–H groups in total. The minimum atomic E-state index is 0.207. The third-order valence-corrected chi connectivity index (χ3v) is 5.74. The largest absolute Gasteiger partial charge is 0.356 e. The Morgan fingerprint density at radius 2 is 1.63 bits per heavy atom. The highest BCUT2D eigenvalue weighted by Gasteiger charge is 2.50. The molecule has 0 aromatic carbocycles.